The minimum Gasteiger partial charge on any atom is -0.315 e. The second-order valence-corrected chi connectivity index (χ2v) is 6.10. The van der Waals surface area contributed by atoms with Gasteiger partial charge in [0, 0.05) is 42.8 Å². The zero-order valence-electron chi connectivity index (χ0n) is 13.2. The van der Waals surface area contributed by atoms with Crippen LogP contribution in [0.5, 0.6) is 0 Å². The third-order valence-electron chi connectivity index (χ3n) is 3.59. The number of carbonyl (C=O) groups excluding carboxylic acids is 2. The maximum absolute atomic E-state index is 12.3. The van der Waals surface area contributed by atoms with Gasteiger partial charge in [-0.15, -0.1) is 0 Å². The molecule has 0 radical (unpaired) electrons. The van der Waals surface area contributed by atoms with Crippen LogP contribution in [0.1, 0.15) is 13.3 Å². The number of halogens is 1. The van der Waals surface area contributed by atoms with Gasteiger partial charge in [-0.25, -0.2) is 0 Å². The molecule has 0 spiro atoms. The van der Waals surface area contributed by atoms with Gasteiger partial charge in [-0.2, -0.15) is 0 Å². The van der Waals surface area contributed by atoms with E-state index in [0.717, 1.165) is 15.8 Å². The molecule has 0 aromatic heterocycles. The molecule has 2 rings (SSSR count). The Morgan fingerprint density at radius 2 is 1.57 bits per heavy atom. The Balaban J connectivity index is 2.03. The number of hydrogen-bond donors (Lipinski definition) is 0. The molecule has 120 valence electrons. The lowest BCUT2D eigenvalue weighted by Gasteiger charge is -2.23. The number of anilines is 2. The number of para-hydroxylation sites is 1. The Hall–Kier alpha value is -2.14. The van der Waals surface area contributed by atoms with Crippen LogP contribution in [0.4, 0.5) is 11.4 Å². The summed E-state index contributed by atoms with van der Waals surface area (Å²) in [6.45, 7) is 1.86. The Morgan fingerprint density at radius 1 is 0.957 bits per heavy atom. The lowest BCUT2D eigenvalue weighted by molar-refractivity contribution is -0.118. The van der Waals surface area contributed by atoms with Gasteiger partial charge in [0.15, 0.2) is 0 Å². The number of benzene rings is 2. The maximum Gasteiger partial charge on any atom is 0.228 e. The van der Waals surface area contributed by atoms with E-state index in [-0.39, 0.29) is 18.2 Å². The second-order valence-electron chi connectivity index (χ2n) is 5.19. The van der Waals surface area contributed by atoms with Crippen molar-refractivity contribution in [2.24, 2.45) is 0 Å². The average Bonchev–Trinajstić information content (AvgIpc) is 2.56. The van der Waals surface area contributed by atoms with Gasteiger partial charge in [0.1, 0.15) is 0 Å². The normalized spacial score (nSPS) is 10.2. The summed E-state index contributed by atoms with van der Waals surface area (Å²) in [5.74, 6) is -0.109. The van der Waals surface area contributed by atoms with Crippen molar-refractivity contribution in [3.8, 4) is 0 Å². The minimum absolute atomic E-state index is 0.0282. The molecular weight excluding hydrogens is 356 g/mol. The molecule has 0 unspecified atom stereocenters. The second kappa shape index (κ2) is 7.92. The number of hydrogen-bond acceptors (Lipinski definition) is 2. The number of nitrogens with zero attached hydrogens (tertiary/aromatic N) is 2. The highest BCUT2D eigenvalue weighted by Gasteiger charge is 2.16. The Labute approximate surface area is 144 Å². The maximum atomic E-state index is 12.3. The molecule has 5 heteroatoms. The van der Waals surface area contributed by atoms with Gasteiger partial charge in [-0.05, 0) is 36.4 Å². The van der Waals surface area contributed by atoms with Gasteiger partial charge in [-0.1, -0.05) is 34.1 Å². The van der Waals surface area contributed by atoms with Gasteiger partial charge < -0.3 is 9.80 Å². The molecule has 0 bridgehead atoms. The molecule has 2 aromatic carbocycles. The van der Waals surface area contributed by atoms with Gasteiger partial charge in [0.2, 0.25) is 11.8 Å². The summed E-state index contributed by atoms with van der Waals surface area (Å²) in [5.41, 5.74) is 1.63. The van der Waals surface area contributed by atoms with E-state index in [0.29, 0.717) is 6.54 Å². The van der Waals surface area contributed by atoms with Gasteiger partial charge in [-0.3, -0.25) is 9.59 Å². The van der Waals surface area contributed by atoms with E-state index in [1.165, 1.54) is 6.92 Å². The van der Waals surface area contributed by atoms with E-state index in [4.69, 9.17) is 0 Å². The van der Waals surface area contributed by atoms with Crippen molar-refractivity contribution in [3.63, 3.8) is 0 Å². The van der Waals surface area contributed by atoms with Crippen LogP contribution in [0, 0.1) is 0 Å². The summed E-state index contributed by atoms with van der Waals surface area (Å²) in [5, 5.41) is 0. The van der Waals surface area contributed by atoms with E-state index in [1.807, 2.05) is 54.6 Å². The zero-order chi connectivity index (χ0) is 16.8. The van der Waals surface area contributed by atoms with Crippen molar-refractivity contribution >= 4 is 39.1 Å². The van der Waals surface area contributed by atoms with Crippen molar-refractivity contribution in [3.05, 3.63) is 59.1 Å². The molecule has 0 aliphatic rings. The molecule has 2 aromatic rings. The first-order chi connectivity index (χ1) is 11.0. The molecule has 23 heavy (non-hydrogen) atoms. The first-order valence-electron chi connectivity index (χ1n) is 7.34. The van der Waals surface area contributed by atoms with Crippen LogP contribution in [0.2, 0.25) is 0 Å². The van der Waals surface area contributed by atoms with Crippen LogP contribution in [-0.4, -0.2) is 25.4 Å². The molecule has 0 aliphatic carbocycles. The largest absolute Gasteiger partial charge is 0.315 e. The smallest absolute Gasteiger partial charge is 0.228 e. The van der Waals surface area contributed by atoms with Crippen LogP contribution < -0.4 is 9.80 Å². The van der Waals surface area contributed by atoms with Gasteiger partial charge in [0.25, 0.3) is 0 Å². The van der Waals surface area contributed by atoms with Gasteiger partial charge in [0.05, 0.1) is 0 Å². The SMILES string of the molecule is CC(=O)N(CCC(=O)N(C)c1ccccc1)c1ccc(Br)cc1. The van der Waals surface area contributed by atoms with E-state index in [9.17, 15) is 9.59 Å². The van der Waals surface area contributed by atoms with E-state index in [1.54, 1.807) is 16.8 Å². The number of rotatable bonds is 5. The molecule has 0 aliphatic heterocycles. The van der Waals surface area contributed by atoms with Crippen molar-refractivity contribution in [2.45, 2.75) is 13.3 Å². The van der Waals surface area contributed by atoms with Crippen molar-refractivity contribution < 1.29 is 9.59 Å². The predicted molar refractivity (Wildman–Crippen MR) is 96.6 cm³/mol. The van der Waals surface area contributed by atoms with E-state index in [2.05, 4.69) is 15.9 Å². The molecular formula is C18H19BrN2O2. The van der Waals surface area contributed by atoms with Crippen LogP contribution in [0.25, 0.3) is 0 Å². The van der Waals surface area contributed by atoms with Crippen molar-refractivity contribution in [2.75, 3.05) is 23.4 Å². The highest BCUT2D eigenvalue weighted by molar-refractivity contribution is 9.10. The first-order valence-corrected chi connectivity index (χ1v) is 8.13. The lowest BCUT2D eigenvalue weighted by Crippen LogP contribution is -2.34. The fourth-order valence-electron chi connectivity index (χ4n) is 2.26. The third kappa shape index (κ3) is 4.66. The van der Waals surface area contributed by atoms with E-state index >= 15 is 0 Å². The summed E-state index contributed by atoms with van der Waals surface area (Å²) in [6, 6.07) is 16.9. The molecule has 0 N–H and O–H groups in total. The van der Waals surface area contributed by atoms with Crippen LogP contribution in [0.15, 0.2) is 59.1 Å². The van der Waals surface area contributed by atoms with Crippen molar-refractivity contribution in [1.29, 1.82) is 0 Å². The Morgan fingerprint density at radius 3 is 2.13 bits per heavy atom. The monoisotopic (exact) mass is 374 g/mol. The fourth-order valence-corrected chi connectivity index (χ4v) is 2.52. The molecule has 2 amide bonds. The molecule has 0 saturated carbocycles. The van der Waals surface area contributed by atoms with Crippen LogP contribution in [-0.2, 0) is 9.59 Å². The fraction of sp³-hybridized carbons (Fsp3) is 0.222. The number of amides is 2. The first kappa shape index (κ1) is 17.2. The molecule has 0 fully saturated rings. The Kier molecular flexibility index (Phi) is 5.93. The summed E-state index contributed by atoms with van der Waals surface area (Å²) in [4.78, 5) is 27.4. The molecule has 0 saturated heterocycles. The highest BCUT2D eigenvalue weighted by atomic mass is 79.9. The summed E-state index contributed by atoms with van der Waals surface area (Å²) in [7, 11) is 1.75. The Bertz CT molecular complexity index is 671. The quantitative estimate of drug-likeness (QED) is 0.797. The zero-order valence-corrected chi connectivity index (χ0v) is 14.8. The van der Waals surface area contributed by atoms with Crippen molar-refractivity contribution in [1.82, 2.24) is 0 Å². The van der Waals surface area contributed by atoms with E-state index < -0.39 is 0 Å². The molecule has 0 heterocycles. The average molecular weight is 375 g/mol. The standard InChI is InChI=1S/C18H19BrN2O2/c1-14(22)21(17-10-8-15(19)9-11-17)13-12-18(23)20(2)16-6-4-3-5-7-16/h3-11H,12-13H2,1-2H3. The van der Waals surface area contributed by atoms with Crippen LogP contribution >= 0.6 is 15.9 Å². The number of carbonyl (C=O) groups is 2. The highest BCUT2D eigenvalue weighted by Crippen LogP contribution is 2.19. The predicted octanol–water partition coefficient (Wildman–Crippen LogP) is 3.86. The van der Waals surface area contributed by atoms with Crippen LogP contribution in [0.3, 0.4) is 0 Å². The summed E-state index contributed by atoms with van der Waals surface area (Å²) in [6.07, 6.45) is 0.265. The molecule has 4 nitrogen and oxygen atoms in total. The lowest BCUT2D eigenvalue weighted by atomic mass is 10.2. The van der Waals surface area contributed by atoms with Gasteiger partial charge >= 0.3 is 0 Å². The summed E-state index contributed by atoms with van der Waals surface area (Å²) >= 11 is 3.37. The minimum atomic E-state index is -0.0810. The molecule has 0 atom stereocenters. The third-order valence-corrected chi connectivity index (χ3v) is 4.11. The topological polar surface area (TPSA) is 40.6 Å². The summed E-state index contributed by atoms with van der Waals surface area (Å²) < 4.78 is 0.949.